The number of aromatic nitrogens is 2. The third-order valence-corrected chi connectivity index (χ3v) is 5.22. The Labute approximate surface area is 188 Å². The summed E-state index contributed by atoms with van der Waals surface area (Å²) in [6, 6.07) is 14.4. The Morgan fingerprint density at radius 1 is 1.15 bits per heavy atom. The SMILES string of the molecule is CCOC(=O)c1cc(-c2ccc(F)cc2)n(CC(=O)N=Nc2c(O)[nH]c3ccccc23)c1C. The molecule has 2 heterocycles. The van der Waals surface area contributed by atoms with Crippen LogP contribution in [-0.4, -0.2) is 33.1 Å². The molecule has 0 bridgehead atoms. The molecule has 0 unspecified atom stereocenters. The zero-order valence-corrected chi connectivity index (χ0v) is 18.0. The maximum absolute atomic E-state index is 13.4. The van der Waals surface area contributed by atoms with Gasteiger partial charge in [0.25, 0.3) is 5.91 Å². The molecule has 0 aliphatic rings. The van der Waals surface area contributed by atoms with E-state index in [-0.39, 0.29) is 24.7 Å². The van der Waals surface area contributed by atoms with Crippen molar-refractivity contribution in [3.8, 4) is 17.1 Å². The number of H-pyrrole nitrogens is 1. The van der Waals surface area contributed by atoms with Crippen LogP contribution in [0.4, 0.5) is 10.1 Å². The van der Waals surface area contributed by atoms with Crippen LogP contribution < -0.4 is 0 Å². The highest BCUT2D eigenvalue weighted by Crippen LogP contribution is 2.35. The van der Waals surface area contributed by atoms with E-state index in [1.807, 2.05) is 0 Å². The third-order valence-electron chi connectivity index (χ3n) is 5.22. The van der Waals surface area contributed by atoms with Gasteiger partial charge in [-0.2, -0.15) is 0 Å². The summed E-state index contributed by atoms with van der Waals surface area (Å²) in [6.45, 7) is 3.38. The Morgan fingerprint density at radius 2 is 1.88 bits per heavy atom. The van der Waals surface area contributed by atoms with Crippen LogP contribution in [0.25, 0.3) is 22.2 Å². The zero-order chi connectivity index (χ0) is 23.5. The Morgan fingerprint density at radius 3 is 2.61 bits per heavy atom. The van der Waals surface area contributed by atoms with Gasteiger partial charge in [0.15, 0.2) is 5.69 Å². The van der Waals surface area contributed by atoms with Crippen LogP contribution >= 0.6 is 0 Å². The van der Waals surface area contributed by atoms with E-state index in [9.17, 15) is 19.1 Å². The summed E-state index contributed by atoms with van der Waals surface area (Å²) in [4.78, 5) is 27.9. The Balaban J connectivity index is 1.68. The number of amides is 1. The zero-order valence-electron chi connectivity index (χ0n) is 18.0. The van der Waals surface area contributed by atoms with Crippen molar-refractivity contribution in [2.24, 2.45) is 10.2 Å². The molecule has 0 saturated heterocycles. The van der Waals surface area contributed by atoms with Crippen molar-refractivity contribution in [1.82, 2.24) is 9.55 Å². The molecule has 4 rings (SSSR count). The van der Waals surface area contributed by atoms with Crippen LogP contribution in [0.2, 0.25) is 0 Å². The molecule has 9 heteroatoms. The molecular formula is C24H21FN4O4. The van der Waals surface area contributed by atoms with Gasteiger partial charge in [0, 0.05) is 16.8 Å². The molecule has 8 nitrogen and oxygen atoms in total. The molecule has 1 amide bonds. The van der Waals surface area contributed by atoms with Gasteiger partial charge in [-0.3, -0.25) is 4.79 Å². The molecule has 0 saturated carbocycles. The van der Waals surface area contributed by atoms with Crippen LogP contribution in [0.3, 0.4) is 0 Å². The van der Waals surface area contributed by atoms with Gasteiger partial charge in [-0.1, -0.05) is 18.2 Å². The number of azo groups is 1. The van der Waals surface area contributed by atoms with Gasteiger partial charge in [0.05, 0.1) is 17.7 Å². The summed E-state index contributed by atoms with van der Waals surface area (Å²) in [5.74, 6) is -1.71. The van der Waals surface area contributed by atoms with Crippen molar-refractivity contribution in [1.29, 1.82) is 0 Å². The van der Waals surface area contributed by atoms with E-state index in [2.05, 4.69) is 15.2 Å². The largest absolute Gasteiger partial charge is 0.493 e. The number of para-hydroxylation sites is 1. The van der Waals surface area contributed by atoms with Crippen molar-refractivity contribution >= 4 is 28.5 Å². The lowest BCUT2D eigenvalue weighted by atomic mass is 10.1. The predicted molar refractivity (Wildman–Crippen MR) is 120 cm³/mol. The number of carbonyl (C=O) groups excluding carboxylic acids is 2. The van der Waals surface area contributed by atoms with Gasteiger partial charge in [-0.25, -0.2) is 9.18 Å². The molecule has 0 radical (unpaired) electrons. The maximum Gasteiger partial charge on any atom is 0.339 e. The van der Waals surface area contributed by atoms with E-state index >= 15 is 0 Å². The average molecular weight is 448 g/mol. The first kappa shape index (κ1) is 21.9. The van der Waals surface area contributed by atoms with Crippen LogP contribution in [0.15, 0.2) is 64.8 Å². The Hall–Kier alpha value is -4.27. The highest BCUT2D eigenvalue weighted by Gasteiger charge is 2.21. The number of rotatable bonds is 6. The quantitative estimate of drug-likeness (QED) is 0.309. The molecule has 0 aliphatic carbocycles. The standard InChI is InChI=1S/C24H21FN4O4/c1-3-33-24(32)18-12-20(15-8-10-16(25)11-9-15)29(14(18)2)13-21(30)27-28-22-17-6-4-5-7-19(17)26-23(22)31/h4-12,26,31H,3,13H2,1-2H3. The minimum Gasteiger partial charge on any atom is -0.493 e. The Bertz CT molecular complexity index is 1370. The maximum atomic E-state index is 13.4. The van der Waals surface area contributed by atoms with E-state index in [0.29, 0.717) is 33.4 Å². The van der Waals surface area contributed by atoms with Crippen molar-refractivity contribution in [3.05, 3.63) is 71.7 Å². The highest BCUT2D eigenvalue weighted by atomic mass is 19.1. The monoisotopic (exact) mass is 448 g/mol. The Kier molecular flexibility index (Phi) is 6.03. The number of benzene rings is 2. The molecule has 0 spiro atoms. The first-order valence-corrected chi connectivity index (χ1v) is 10.3. The van der Waals surface area contributed by atoms with Crippen molar-refractivity contribution in [2.45, 2.75) is 20.4 Å². The number of aromatic hydroxyl groups is 1. The predicted octanol–water partition coefficient (Wildman–Crippen LogP) is 5.28. The molecule has 168 valence electrons. The summed E-state index contributed by atoms with van der Waals surface area (Å²) < 4.78 is 20.1. The number of carbonyl (C=O) groups is 2. The lowest BCUT2D eigenvalue weighted by Crippen LogP contribution is -2.12. The van der Waals surface area contributed by atoms with Crippen LogP contribution in [-0.2, 0) is 16.1 Å². The van der Waals surface area contributed by atoms with E-state index in [4.69, 9.17) is 4.74 Å². The number of hydrogen-bond donors (Lipinski definition) is 2. The minimum absolute atomic E-state index is 0.161. The second-order valence-electron chi connectivity index (χ2n) is 7.30. The number of halogens is 1. The fourth-order valence-corrected chi connectivity index (χ4v) is 3.61. The van der Waals surface area contributed by atoms with E-state index in [0.717, 1.165) is 0 Å². The van der Waals surface area contributed by atoms with Gasteiger partial charge in [0.1, 0.15) is 12.4 Å². The molecular weight excluding hydrogens is 427 g/mol. The molecule has 0 aliphatic heterocycles. The average Bonchev–Trinajstić information content (AvgIpc) is 3.29. The normalized spacial score (nSPS) is 11.4. The molecule has 0 fully saturated rings. The number of nitrogens with zero attached hydrogens (tertiary/aromatic N) is 3. The van der Waals surface area contributed by atoms with Gasteiger partial charge in [-0.05, 0) is 55.8 Å². The second-order valence-corrected chi connectivity index (χ2v) is 7.30. The summed E-state index contributed by atoms with van der Waals surface area (Å²) >= 11 is 0. The molecule has 33 heavy (non-hydrogen) atoms. The number of aromatic amines is 1. The molecule has 4 aromatic rings. The van der Waals surface area contributed by atoms with Gasteiger partial charge in [0.2, 0.25) is 5.88 Å². The number of esters is 1. The summed E-state index contributed by atoms with van der Waals surface area (Å²) in [5.41, 5.74) is 2.79. The number of hydrogen-bond acceptors (Lipinski definition) is 5. The van der Waals surface area contributed by atoms with Crippen molar-refractivity contribution in [3.63, 3.8) is 0 Å². The number of ether oxygens (including phenoxy) is 1. The van der Waals surface area contributed by atoms with Crippen LogP contribution in [0.5, 0.6) is 5.88 Å². The third kappa shape index (κ3) is 4.38. The molecule has 2 N–H and O–H groups in total. The van der Waals surface area contributed by atoms with E-state index < -0.39 is 17.7 Å². The lowest BCUT2D eigenvalue weighted by molar-refractivity contribution is -0.118. The minimum atomic E-state index is -0.600. The van der Waals surface area contributed by atoms with Crippen LogP contribution in [0, 0.1) is 12.7 Å². The van der Waals surface area contributed by atoms with Gasteiger partial charge >= 0.3 is 5.97 Å². The van der Waals surface area contributed by atoms with E-state index in [1.54, 1.807) is 60.9 Å². The second kappa shape index (κ2) is 9.07. The number of fused-ring (bicyclic) bond motifs is 1. The summed E-state index contributed by atoms with van der Waals surface area (Å²) in [7, 11) is 0. The first-order chi connectivity index (χ1) is 15.9. The topological polar surface area (TPSA) is 109 Å². The fraction of sp³-hybridized carbons (Fsp3) is 0.167. The van der Waals surface area contributed by atoms with Gasteiger partial charge in [-0.15, -0.1) is 10.2 Å². The van der Waals surface area contributed by atoms with E-state index in [1.165, 1.54) is 12.1 Å². The molecule has 2 aromatic heterocycles. The summed E-state index contributed by atoms with van der Waals surface area (Å²) in [6.07, 6.45) is 0. The lowest BCUT2D eigenvalue weighted by Gasteiger charge is -2.10. The first-order valence-electron chi connectivity index (χ1n) is 10.3. The fourth-order valence-electron chi connectivity index (χ4n) is 3.61. The molecule has 0 atom stereocenters. The highest BCUT2D eigenvalue weighted by molar-refractivity contribution is 5.95. The van der Waals surface area contributed by atoms with Crippen LogP contribution in [0.1, 0.15) is 23.0 Å². The number of nitrogens with one attached hydrogen (secondary N) is 1. The van der Waals surface area contributed by atoms with Gasteiger partial charge < -0.3 is 19.4 Å². The summed E-state index contributed by atoms with van der Waals surface area (Å²) in [5, 5.41) is 18.4. The van der Waals surface area contributed by atoms with Crippen molar-refractivity contribution in [2.75, 3.05) is 6.61 Å². The molecule has 2 aromatic carbocycles. The van der Waals surface area contributed by atoms with Crippen molar-refractivity contribution < 1.29 is 23.8 Å². The smallest absolute Gasteiger partial charge is 0.339 e.